The molecule has 154 valence electrons. The number of hydrogen-bond acceptors (Lipinski definition) is 2. The monoisotopic (exact) mass is 402 g/mol. The zero-order chi connectivity index (χ0) is 20.4. The average molecular weight is 402 g/mol. The van der Waals surface area contributed by atoms with Crippen LogP contribution in [0.15, 0.2) is 36.4 Å². The van der Waals surface area contributed by atoms with E-state index in [0.29, 0.717) is 29.9 Å². The first kappa shape index (κ1) is 20.2. The van der Waals surface area contributed by atoms with Crippen molar-refractivity contribution in [2.75, 3.05) is 6.61 Å². The van der Waals surface area contributed by atoms with Crippen LogP contribution in [-0.2, 0) is 16.1 Å². The molecule has 1 saturated carbocycles. The van der Waals surface area contributed by atoms with Gasteiger partial charge in [0, 0.05) is 11.1 Å². The smallest absolute Gasteiger partial charge is 0.165 e. The molecule has 29 heavy (non-hydrogen) atoms. The van der Waals surface area contributed by atoms with Crippen molar-refractivity contribution in [3.8, 4) is 0 Å². The second kappa shape index (κ2) is 8.72. The van der Waals surface area contributed by atoms with Crippen LogP contribution in [0.2, 0.25) is 0 Å². The summed E-state index contributed by atoms with van der Waals surface area (Å²) in [5, 5.41) is 0. The molecule has 1 saturated heterocycles. The number of halogens is 3. The quantitative estimate of drug-likeness (QED) is 0.518. The van der Waals surface area contributed by atoms with Crippen LogP contribution in [0.3, 0.4) is 0 Å². The highest BCUT2D eigenvalue weighted by atomic mass is 19.2. The Morgan fingerprint density at radius 2 is 1.69 bits per heavy atom. The Balaban J connectivity index is 1.32. The van der Waals surface area contributed by atoms with Gasteiger partial charge >= 0.3 is 0 Å². The van der Waals surface area contributed by atoms with Gasteiger partial charge in [0.05, 0.1) is 19.3 Å². The minimum Gasteiger partial charge on any atom is -0.374 e. The van der Waals surface area contributed by atoms with E-state index >= 15 is 0 Å². The van der Waals surface area contributed by atoms with Gasteiger partial charge in [-0.15, -0.1) is 0 Å². The highest BCUT2D eigenvalue weighted by Gasteiger charge is 2.32. The maximum absolute atomic E-state index is 14.5. The number of hydrogen-bond donors (Lipinski definition) is 0. The van der Waals surface area contributed by atoms with Crippen LogP contribution < -0.4 is 0 Å². The minimum absolute atomic E-state index is 0.00363. The lowest BCUT2D eigenvalue weighted by molar-refractivity contribution is 0.0130. The fourth-order valence-corrected chi connectivity index (χ4v) is 4.10. The van der Waals surface area contributed by atoms with Crippen LogP contribution in [0.25, 0.3) is 6.08 Å². The van der Waals surface area contributed by atoms with Gasteiger partial charge in [-0.1, -0.05) is 36.4 Å². The predicted octanol–water partition coefficient (Wildman–Crippen LogP) is 6.45. The van der Waals surface area contributed by atoms with Gasteiger partial charge in [0.15, 0.2) is 11.6 Å². The van der Waals surface area contributed by atoms with Crippen LogP contribution >= 0.6 is 0 Å². The molecule has 0 N–H and O–H groups in total. The first-order valence-electron chi connectivity index (χ1n) is 10.2. The summed E-state index contributed by atoms with van der Waals surface area (Å²) in [4.78, 5) is 0. The Morgan fingerprint density at radius 1 is 1.00 bits per heavy atom. The molecule has 0 aromatic heterocycles. The van der Waals surface area contributed by atoms with Crippen molar-refractivity contribution >= 4 is 6.08 Å². The molecule has 1 unspecified atom stereocenters. The Labute approximate surface area is 169 Å². The molecule has 1 heterocycles. The molecule has 1 aliphatic carbocycles. The second-order valence-electron chi connectivity index (χ2n) is 7.83. The van der Waals surface area contributed by atoms with Crippen LogP contribution in [0.5, 0.6) is 0 Å². The summed E-state index contributed by atoms with van der Waals surface area (Å²) in [5.74, 6) is -1.77. The van der Waals surface area contributed by atoms with Gasteiger partial charge in [-0.3, -0.25) is 0 Å². The molecule has 0 radical (unpaired) electrons. The average Bonchev–Trinajstić information content (AvgIpc) is 3.56. The van der Waals surface area contributed by atoms with Gasteiger partial charge in [0.2, 0.25) is 0 Å². The van der Waals surface area contributed by atoms with E-state index in [0.717, 1.165) is 31.2 Å². The highest BCUT2D eigenvalue weighted by Crippen LogP contribution is 2.39. The molecule has 0 amide bonds. The molecule has 2 aliphatic rings. The molecule has 5 heteroatoms. The first-order chi connectivity index (χ1) is 14.1. The van der Waals surface area contributed by atoms with E-state index in [2.05, 4.69) is 0 Å². The van der Waals surface area contributed by atoms with Crippen LogP contribution in [0, 0.1) is 17.5 Å². The van der Waals surface area contributed by atoms with Crippen molar-refractivity contribution in [1.29, 1.82) is 0 Å². The summed E-state index contributed by atoms with van der Waals surface area (Å²) in [6, 6.07) is 8.48. The SMILES string of the molecule is C/C=C/c1ccc(COC2CCC(c3ccc(C4CO4)c(F)c3F)CC2)cc1F. The number of rotatable bonds is 6. The normalized spacial score (nSPS) is 24.2. The highest BCUT2D eigenvalue weighted by molar-refractivity contribution is 5.50. The van der Waals surface area contributed by atoms with Gasteiger partial charge in [0.1, 0.15) is 11.9 Å². The fourth-order valence-electron chi connectivity index (χ4n) is 4.10. The van der Waals surface area contributed by atoms with E-state index in [1.807, 2.05) is 13.0 Å². The third-order valence-electron chi connectivity index (χ3n) is 5.83. The summed E-state index contributed by atoms with van der Waals surface area (Å²) >= 11 is 0. The fraction of sp³-hybridized carbons (Fsp3) is 0.417. The van der Waals surface area contributed by atoms with E-state index in [9.17, 15) is 13.2 Å². The van der Waals surface area contributed by atoms with Gasteiger partial charge in [0.25, 0.3) is 0 Å². The van der Waals surface area contributed by atoms with Crippen LogP contribution in [0.1, 0.15) is 66.9 Å². The molecule has 2 fully saturated rings. The van der Waals surface area contributed by atoms with E-state index in [-0.39, 0.29) is 23.9 Å². The Bertz CT molecular complexity index is 897. The maximum Gasteiger partial charge on any atom is 0.165 e. The summed E-state index contributed by atoms with van der Waals surface area (Å²) in [6.45, 7) is 2.66. The van der Waals surface area contributed by atoms with Crippen molar-refractivity contribution in [1.82, 2.24) is 0 Å². The first-order valence-corrected chi connectivity index (χ1v) is 10.2. The molecule has 1 atom stereocenters. The molecule has 4 rings (SSSR count). The Morgan fingerprint density at radius 3 is 2.34 bits per heavy atom. The van der Waals surface area contributed by atoms with Gasteiger partial charge in [-0.05, 0) is 55.7 Å². The lowest BCUT2D eigenvalue weighted by Crippen LogP contribution is -2.21. The van der Waals surface area contributed by atoms with Crippen molar-refractivity contribution in [3.05, 3.63) is 76.1 Å². The largest absolute Gasteiger partial charge is 0.374 e. The van der Waals surface area contributed by atoms with Crippen molar-refractivity contribution < 1.29 is 22.6 Å². The standard InChI is InChI=1S/C24H25F3O2/c1-2-3-17-5-4-15(12-21(17)25)13-28-18-8-6-16(7-9-18)19-10-11-20(22-14-29-22)24(27)23(19)26/h2-5,10-12,16,18,22H,6-9,13-14H2,1H3/b3-2+. The lowest BCUT2D eigenvalue weighted by atomic mass is 9.82. The van der Waals surface area contributed by atoms with E-state index < -0.39 is 11.6 Å². The Kier molecular flexibility index (Phi) is 6.07. The van der Waals surface area contributed by atoms with E-state index in [4.69, 9.17) is 9.47 Å². The predicted molar refractivity (Wildman–Crippen MR) is 106 cm³/mol. The third-order valence-corrected chi connectivity index (χ3v) is 5.83. The zero-order valence-electron chi connectivity index (χ0n) is 16.5. The summed E-state index contributed by atoms with van der Waals surface area (Å²) in [7, 11) is 0. The summed E-state index contributed by atoms with van der Waals surface area (Å²) < 4.78 is 53.8. The van der Waals surface area contributed by atoms with Gasteiger partial charge in [-0.2, -0.15) is 0 Å². The van der Waals surface area contributed by atoms with Crippen molar-refractivity contribution in [3.63, 3.8) is 0 Å². The van der Waals surface area contributed by atoms with Crippen LogP contribution in [0.4, 0.5) is 13.2 Å². The van der Waals surface area contributed by atoms with E-state index in [1.165, 1.54) is 6.07 Å². The molecule has 1 aliphatic heterocycles. The maximum atomic E-state index is 14.5. The number of allylic oxidation sites excluding steroid dienone is 1. The molecule has 0 spiro atoms. The zero-order valence-corrected chi connectivity index (χ0v) is 16.5. The van der Waals surface area contributed by atoms with Crippen LogP contribution in [-0.4, -0.2) is 12.7 Å². The molecule has 2 nitrogen and oxygen atoms in total. The Hall–Kier alpha value is -2.11. The molecular weight excluding hydrogens is 377 g/mol. The number of ether oxygens (including phenoxy) is 2. The number of epoxide rings is 1. The van der Waals surface area contributed by atoms with Gasteiger partial charge < -0.3 is 9.47 Å². The third kappa shape index (κ3) is 4.57. The minimum atomic E-state index is -0.772. The molecule has 2 aromatic rings. The number of benzene rings is 2. The summed E-state index contributed by atoms with van der Waals surface area (Å²) in [5.41, 5.74) is 2.12. The molecular formula is C24H25F3O2. The molecule has 2 aromatic carbocycles. The summed E-state index contributed by atoms with van der Waals surface area (Å²) in [6.07, 6.45) is 6.33. The van der Waals surface area contributed by atoms with Gasteiger partial charge in [-0.25, -0.2) is 13.2 Å². The topological polar surface area (TPSA) is 21.8 Å². The lowest BCUT2D eigenvalue weighted by Gasteiger charge is -2.29. The second-order valence-corrected chi connectivity index (χ2v) is 7.83. The van der Waals surface area contributed by atoms with E-state index in [1.54, 1.807) is 30.4 Å². The van der Waals surface area contributed by atoms with Crippen molar-refractivity contribution in [2.45, 2.75) is 57.3 Å². The van der Waals surface area contributed by atoms with Crippen molar-refractivity contribution in [2.24, 2.45) is 0 Å². The molecule has 0 bridgehead atoms.